The molecule has 28 heavy (non-hydrogen) atoms. The Morgan fingerprint density at radius 2 is 2.00 bits per heavy atom. The number of hydrogen-bond acceptors (Lipinski definition) is 5. The van der Waals surface area contributed by atoms with Gasteiger partial charge in [-0.15, -0.1) is 11.3 Å². The summed E-state index contributed by atoms with van der Waals surface area (Å²) in [6.45, 7) is 8.44. The van der Waals surface area contributed by atoms with Gasteiger partial charge in [0.25, 0.3) is 11.8 Å². The number of anilines is 1. The smallest absolute Gasteiger partial charge is 0.265 e. The van der Waals surface area contributed by atoms with Gasteiger partial charge in [0.2, 0.25) is 0 Å². The largest absolute Gasteiger partial charge is 0.374 e. The van der Waals surface area contributed by atoms with Crippen molar-refractivity contribution in [2.24, 2.45) is 5.92 Å². The molecule has 1 aliphatic rings. The van der Waals surface area contributed by atoms with Crippen LogP contribution in [0.3, 0.4) is 0 Å². The molecule has 2 aromatic rings. The number of nitrogens with zero attached hydrogens (tertiary/aromatic N) is 1. The maximum absolute atomic E-state index is 12.4. The number of ether oxygens (including phenoxy) is 1. The van der Waals surface area contributed by atoms with Crippen molar-refractivity contribution in [3.8, 4) is 0 Å². The molecule has 2 amide bonds. The molecule has 1 aromatic carbocycles. The molecule has 2 N–H and O–H groups in total. The molecule has 6 nitrogen and oxygen atoms in total. The summed E-state index contributed by atoms with van der Waals surface area (Å²) in [5, 5.41) is 7.64. The van der Waals surface area contributed by atoms with Gasteiger partial charge < -0.3 is 15.4 Å². The quantitative estimate of drug-likeness (QED) is 0.748. The van der Waals surface area contributed by atoms with Crippen LogP contribution < -0.4 is 10.6 Å². The number of carbonyl (C=O) groups excluding carboxylic acids is 2. The van der Waals surface area contributed by atoms with E-state index in [0.29, 0.717) is 35.2 Å². The number of amides is 2. The second-order valence-electron chi connectivity index (χ2n) is 7.37. The highest BCUT2D eigenvalue weighted by Gasteiger charge is 2.21. The zero-order chi connectivity index (χ0) is 19.9. The number of carbonyl (C=O) groups is 2. The van der Waals surface area contributed by atoms with Crippen LogP contribution in [0.2, 0.25) is 0 Å². The maximum atomic E-state index is 12.4. The number of thiophene rings is 1. The highest BCUT2D eigenvalue weighted by Crippen LogP contribution is 2.14. The fraction of sp³-hybridized carbons (Fsp3) is 0.429. The van der Waals surface area contributed by atoms with Gasteiger partial charge in [0.15, 0.2) is 0 Å². The van der Waals surface area contributed by atoms with E-state index in [2.05, 4.69) is 29.4 Å². The molecule has 0 saturated carbocycles. The minimum Gasteiger partial charge on any atom is -0.374 e. The molecule has 0 aliphatic carbocycles. The summed E-state index contributed by atoms with van der Waals surface area (Å²) in [6.07, 6.45) is 0.0146. The van der Waals surface area contributed by atoms with E-state index in [0.717, 1.165) is 19.6 Å². The topological polar surface area (TPSA) is 70.7 Å². The van der Waals surface area contributed by atoms with Gasteiger partial charge >= 0.3 is 0 Å². The molecule has 1 aliphatic heterocycles. The molecular weight excluding hydrogens is 374 g/mol. The summed E-state index contributed by atoms with van der Waals surface area (Å²) >= 11 is 1.39. The number of benzene rings is 1. The molecule has 7 heteroatoms. The van der Waals surface area contributed by atoms with Crippen LogP contribution in [0.4, 0.5) is 5.69 Å². The average Bonchev–Trinajstić information content (AvgIpc) is 3.21. The minimum atomic E-state index is -0.146. The van der Waals surface area contributed by atoms with Crippen LogP contribution in [-0.2, 0) is 4.74 Å². The van der Waals surface area contributed by atoms with Crippen molar-refractivity contribution in [1.82, 2.24) is 10.2 Å². The highest BCUT2D eigenvalue weighted by molar-refractivity contribution is 7.12. The lowest BCUT2D eigenvalue weighted by molar-refractivity contribution is -0.0295. The van der Waals surface area contributed by atoms with Gasteiger partial charge in [-0.3, -0.25) is 14.5 Å². The average molecular weight is 402 g/mol. The first-order valence-corrected chi connectivity index (χ1v) is 10.5. The summed E-state index contributed by atoms with van der Waals surface area (Å²) < 4.78 is 5.77. The third-order valence-electron chi connectivity index (χ3n) is 4.49. The van der Waals surface area contributed by atoms with Gasteiger partial charge in [-0.25, -0.2) is 0 Å². The monoisotopic (exact) mass is 401 g/mol. The maximum Gasteiger partial charge on any atom is 0.265 e. The van der Waals surface area contributed by atoms with E-state index in [1.54, 1.807) is 30.3 Å². The Labute approximate surface area is 169 Å². The fourth-order valence-electron chi connectivity index (χ4n) is 3.20. The van der Waals surface area contributed by atoms with Crippen LogP contribution in [0.1, 0.15) is 33.9 Å². The zero-order valence-electron chi connectivity index (χ0n) is 16.3. The molecule has 2 heterocycles. The van der Waals surface area contributed by atoms with Crippen LogP contribution in [0, 0.1) is 5.92 Å². The Balaban J connectivity index is 1.47. The molecule has 0 radical (unpaired) electrons. The molecule has 1 aromatic heterocycles. The molecule has 1 unspecified atom stereocenters. The van der Waals surface area contributed by atoms with E-state index < -0.39 is 0 Å². The molecule has 3 rings (SSSR count). The van der Waals surface area contributed by atoms with E-state index in [4.69, 9.17) is 4.74 Å². The number of morpholine rings is 1. The first-order valence-electron chi connectivity index (χ1n) is 9.58. The van der Waals surface area contributed by atoms with Gasteiger partial charge in [-0.2, -0.15) is 0 Å². The third kappa shape index (κ3) is 5.89. The normalized spacial score (nSPS) is 17.5. The molecular formula is C21H27N3O3S. The van der Waals surface area contributed by atoms with Gasteiger partial charge in [0, 0.05) is 37.4 Å². The predicted octanol–water partition coefficient (Wildman–Crippen LogP) is 3.09. The number of hydrogen-bond donors (Lipinski definition) is 2. The standard InChI is InChI=1S/C21H27N3O3S/c1-15(2)13-24-9-10-27-18(14-24)12-22-20(25)16-5-7-17(8-6-16)23-21(26)19-4-3-11-28-19/h3-8,11,15,18H,9-10,12-14H2,1-2H3,(H,22,25)(H,23,26). The Kier molecular flexibility index (Phi) is 7.19. The Bertz CT molecular complexity index is 775. The number of rotatable bonds is 7. The third-order valence-corrected chi connectivity index (χ3v) is 5.36. The molecule has 0 spiro atoms. The fourth-order valence-corrected chi connectivity index (χ4v) is 3.82. The van der Waals surface area contributed by atoms with Gasteiger partial charge in [-0.05, 0) is 41.6 Å². The van der Waals surface area contributed by atoms with Crippen LogP contribution in [-0.4, -0.2) is 55.6 Å². The van der Waals surface area contributed by atoms with Crippen LogP contribution in [0.15, 0.2) is 41.8 Å². The van der Waals surface area contributed by atoms with Crippen molar-refractivity contribution >= 4 is 28.8 Å². The Morgan fingerprint density at radius 3 is 2.68 bits per heavy atom. The van der Waals surface area contributed by atoms with Crippen molar-refractivity contribution < 1.29 is 14.3 Å². The SMILES string of the molecule is CC(C)CN1CCOC(CNC(=O)c2ccc(NC(=O)c3cccs3)cc2)C1. The first kappa shape index (κ1) is 20.5. The minimum absolute atomic E-state index is 0.0146. The summed E-state index contributed by atoms with van der Waals surface area (Å²) in [4.78, 5) is 27.5. The van der Waals surface area contributed by atoms with E-state index in [1.807, 2.05) is 11.4 Å². The van der Waals surface area contributed by atoms with Gasteiger partial charge in [0.1, 0.15) is 0 Å². The Hall–Kier alpha value is -2.22. The number of nitrogens with one attached hydrogen (secondary N) is 2. The molecule has 1 atom stereocenters. The second-order valence-corrected chi connectivity index (χ2v) is 8.31. The highest BCUT2D eigenvalue weighted by atomic mass is 32.1. The lowest BCUT2D eigenvalue weighted by Gasteiger charge is -2.33. The van der Waals surface area contributed by atoms with Crippen molar-refractivity contribution in [2.45, 2.75) is 20.0 Å². The van der Waals surface area contributed by atoms with Crippen molar-refractivity contribution in [3.63, 3.8) is 0 Å². The molecule has 150 valence electrons. The van der Waals surface area contributed by atoms with Crippen LogP contribution in [0.25, 0.3) is 0 Å². The van der Waals surface area contributed by atoms with Crippen molar-refractivity contribution in [3.05, 3.63) is 52.2 Å². The van der Waals surface area contributed by atoms with E-state index in [1.165, 1.54) is 11.3 Å². The summed E-state index contributed by atoms with van der Waals surface area (Å²) in [6, 6.07) is 10.5. The molecule has 1 fully saturated rings. The summed E-state index contributed by atoms with van der Waals surface area (Å²) in [7, 11) is 0. The Morgan fingerprint density at radius 1 is 1.21 bits per heavy atom. The molecule has 0 bridgehead atoms. The second kappa shape index (κ2) is 9.82. The van der Waals surface area contributed by atoms with Crippen molar-refractivity contribution in [2.75, 3.05) is 38.1 Å². The lowest BCUT2D eigenvalue weighted by atomic mass is 10.1. The van der Waals surface area contributed by atoms with Gasteiger partial charge in [0.05, 0.1) is 17.6 Å². The van der Waals surface area contributed by atoms with E-state index in [9.17, 15) is 9.59 Å². The summed E-state index contributed by atoms with van der Waals surface area (Å²) in [5.74, 6) is 0.334. The predicted molar refractivity (Wildman–Crippen MR) is 112 cm³/mol. The van der Waals surface area contributed by atoms with Crippen LogP contribution in [0.5, 0.6) is 0 Å². The first-order chi connectivity index (χ1) is 13.5. The van der Waals surface area contributed by atoms with Crippen LogP contribution >= 0.6 is 11.3 Å². The summed E-state index contributed by atoms with van der Waals surface area (Å²) in [5.41, 5.74) is 1.22. The molecule has 1 saturated heterocycles. The zero-order valence-corrected chi connectivity index (χ0v) is 17.1. The lowest BCUT2D eigenvalue weighted by Crippen LogP contribution is -2.48. The van der Waals surface area contributed by atoms with E-state index in [-0.39, 0.29) is 17.9 Å². The van der Waals surface area contributed by atoms with E-state index >= 15 is 0 Å². The van der Waals surface area contributed by atoms with Crippen molar-refractivity contribution in [1.29, 1.82) is 0 Å². The van der Waals surface area contributed by atoms with Gasteiger partial charge in [-0.1, -0.05) is 19.9 Å².